The Hall–Kier alpha value is -0.220. The topological polar surface area (TPSA) is 40.5 Å². The molecule has 0 aromatic heterocycles. The van der Waals surface area contributed by atoms with Crippen LogP contribution >= 0.6 is 11.8 Å². The number of aliphatic carboxylic acids is 1. The molecule has 0 amide bonds. The monoisotopic (exact) mass is 233 g/mol. The van der Waals surface area contributed by atoms with Gasteiger partial charge in [-0.3, -0.25) is 9.69 Å². The zero-order chi connectivity index (χ0) is 12.0. The summed E-state index contributed by atoms with van der Waals surface area (Å²) >= 11 is 1.81. The molecule has 0 aliphatic heterocycles. The molecule has 0 saturated heterocycles. The average Bonchev–Trinajstić information content (AvgIpc) is 2.22. The normalized spacial score (nSPS) is 17.5. The van der Waals surface area contributed by atoms with Gasteiger partial charge in [-0.2, -0.15) is 11.8 Å². The first-order chi connectivity index (χ1) is 6.95. The van der Waals surface area contributed by atoms with Crippen LogP contribution in [0.2, 0.25) is 0 Å². The molecule has 0 spiro atoms. The lowest BCUT2D eigenvalue weighted by Gasteiger charge is -2.34. The van der Waals surface area contributed by atoms with Crippen LogP contribution in [0.15, 0.2) is 0 Å². The maximum absolute atomic E-state index is 10.9. The Morgan fingerprint density at radius 3 is 2.33 bits per heavy atom. The van der Waals surface area contributed by atoms with Crippen LogP contribution in [0.1, 0.15) is 27.2 Å². The van der Waals surface area contributed by atoms with E-state index in [1.54, 1.807) is 6.92 Å². The highest BCUT2D eigenvalue weighted by Crippen LogP contribution is 2.16. The molecule has 0 aromatic carbocycles. The molecule has 0 radical (unpaired) electrons. The minimum atomic E-state index is -0.714. The number of thioether (sulfide) groups is 1. The van der Waals surface area contributed by atoms with Crippen molar-refractivity contribution in [2.75, 3.05) is 19.1 Å². The van der Waals surface area contributed by atoms with E-state index < -0.39 is 5.97 Å². The van der Waals surface area contributed by atoms with Gasteiger partial charge in [0.15, 0.2) is 0 Å². The van der Waals surface area contributed by atoms with E-state index in [4.69, 9.17) is 5.11 Å². The highest BCUT2D eigenvalue weighted by atomic mass is 32.2. The van der Waals surface area contributed by atoms with Crippen molar-refractivity contribution in [3.05, 3.63) is 0 Å². The number of hydrogen-bond acceptors (Lipinski definition) is 3. The molecule has 0 heterocycles. The van der Waals surface area contributed by atoms with Gasteiger partial charge in [-0.25, -0.2) is 0 Å². The quantitative estimate of drug-likeness (QED) is 0.731. The second kappa shape index (κ2) is 7.12. The summed E-state index contributed by atoms with van der Waals surface area (Å²) in [6.07, 6.45) is 3.15. The van der Waals surface area contributed by atoms with E-state index in [1.165, 1.54) is 0 Å². The first kappa shape index (κ1) is 14.8. The van der Waals surface area contributed by atoms with Gasteiger partial charge in [0.05, 0.1) is 5.92 Å². The standard InChI is InChI=1S/C11H23NO2S/c1-6-10(7-15-5)12(4)9(3)8(2)11(13)14/h8-10H,6-7H2,1-5H3,(H,13,14). The number of nitrogens with zero attached hydrogens (tertiary/aromatic N) is 1. The molecular formula is C11H23NO2S. The minimum absolute atomic E-state index is 0.0830. The number of hydrogen-bond donors (Lipinski definition) is 1. The first-order valence-electron chi connectivity index (χ1n) is 5.39. The van der Waals surface area contributed by atoms with E-state index in [0.29, 0.717) is 6.04 Å². The summed E-state index contributed by atoms with van der Waals surface area (Å²) in [6.45, 7) is 5.91. The predicted molar refractivity (Wildman–Crippen MR) is 66.5 cm³/mol. The number of carboxylic acids is 1. The Morgan fingerprint density at radius 1 is 1.47 bits per heavy atom. The third-order valence-electron chi connectivity index (χ3n) is 3.16. The van der Waals surface area contributed by atoms with Gasteiger partial charge in [-0.1, -0.05) is 13.8 Å². The molecule has 0 saturated carbocycles. The Kier molecular flexibility index (Phi) is 7.02. The maximum Gasteiger partial charge on any atom is 0.307 e. The van der Waals surface area contributed by atoms with Crippen molar-refractivity contribution >= 4 is 17.7 Å². The molecule has 3 unspecified atom stereocenters. The molecule has 3 nitrogen and oxygen atoms in total. The van der Waals surface area contributed by atoms with Gasteiger partial charge in [0.1, 0.15) is 0 Å². The van der Waals surface area contributed by atoms with Crippen LogP contribution in [0.5, 0.6) is 0 Å². The number of carboxylic acid groups (broad SMARTS) is 1. The molecule has 0 rings (SSSR count). The Labute approximate surface area is 97.2 Å². The fourth-order valence-electron chi connectivity index (χ4n) is 1.61. The van der Waals surface area contributed by atoms with Crippen LogP contribution in [0.4, 0.5) is 0 Å². The van der Waals surface area contributed by atoms with Crippen molar-refractivity contribution in [1.82, 2.24) is 4.90 Å². The maximum atomic E-state index is 10.9. The summed E-state index contributed by atoms with van der Waals surface area (Å²) in [4.78, 5) is 13.1. The van der Waals surface area contributed by atoms with E-state index in [-0.39, 0.29) is 12.0 Å². The summed E-state index contributed by atoms with van der Waals surface area (Å²) in [5.41, 5.74) is 0. The molecule has 0 aliphatic carbocycles. The second-order valence-electron chi connectivity index (χ2n) is 4.05. The summed E-state index contributed by atoms with van der Waals surface area (Å²) in [5.74, 6) is 0.0307. The average molecular weight is 233 g/mol. The molecule has 0 aromatic rings. The zero-order valence-corrected chi connectivity index (χ0v) is 11.2. The van der Waals surface area contributed by atoms with Crippen LogP contribution in [0.3, 0.4) is 0 Å². The van der Waals surface area contributed by atoms with Crippen LogP contribution in [-0.2, 0) is 4.79 Å². The van der Waals surface area contributed by atoms with Gasteiger partial charge in [0, 0.05) is 17.8 Å². The van der Waals surface area contributed by atoms with Gasteiger partial charge in [0.25, 0.3) is 0 Å². The van der Waals surface area contributed by atoms with Crippen LogP contribution in [0.25, 0.3) is 0 Å². The smallest absolute Gasteiger partial charge is 0.307 e. The molecule has 15 heavy (non-hydrogen) atoms. The molecule has 3 atom stereocenters. The summed E-state index contributed by atoms with van der Waals surface area (Å²) in [6, 6.07) is 0.552. The lowest BCUT2D eigenvalue weighted by Crippen LogP contribution is -2.44. The highest BCUT2D eigenvalue weighted by Gasteiger charge is 2.26. The Balaban J connectivity index is 4.38. The second-order valence-corrected chi connectivity index (χ2v) is 4.96. The lowest BCUT2D eigenvalue weighted by molar-refractivity contribution is -0.143. The number of rotatable bonds is 7. The largest absolute Gasteiger partial charge is 0.481 e. The Bertz CT molecular complexity index is 199. The zero-order valence-electron chi connectivity index (χ0n) is 10.4. The van der Waals surface area contributed by atoms with Gasteiger partial charge >= 0.3 is 5.97 Å². The van der Waals surface area contributed by atoms with Crippen molar-refractivity contribution in [3.8, 4) is 0 Å². The van der Waals surface area contributed by atoms with Gasteiger partial charge in [-0.05, 0) is 26.6 Å². The molecule has 90 valence electrons. The molecular weight excluding hydrogens is 210 g/mol. The van der Waals surface area contributed by atoms with E-state index in [1.807, 2.05) is 25.7 Å². The SMILES string of the molecule is CCC(CSC)N(C)C(C)C(C)C(=O)O. The fourth-order valence-corrected chi connectivity index (χ4v) is 2.46. The van der Waals surface area contributed by atoms with Crippen molar-refractivity contribution in [1.29, 1.82) is 0 Å². The molecule has 0 aliphatic rings. The highest BCUT2D eigenvalue weighted by molar-refractivity contribution is 7.98. The van der Waals surface area contributed by atoms with Crippen molar-refractivity contribution in [3.63, 3.8) is 0 Å². The van der Waals surface area contributed by atoms with Gasteiger partial charge in [0.2, 0.25) is 0 Å². The summed E-state index contributed by atoms with van der Waals surface area (Å²) < 4.78 is 0. The Morgan fingerprint density at radius 2 is 2.00 bits per heavy atom. The van der Waals surface area contributed by atoms with Gasteiger partial charge in [-0.15, -0.1) is 0 Å². The predicted octanol–water partition coefficient (Wildman–Crippen LogP) is 2.17. The van der Waals surface area contributed by atoms with Crippen molar-refractivity contribution < 1.29 is 9.90 Å². The minimum Gasteiger partial charge on any atom is -0.481 e. The van der Waals surface area contributed by atoms with Crippen LogP contribution < -0.4 is 0 Å². The third kappa shape index (κ3) is 4.43. The fraction of sp³-hybridized carbons (Fsp3) is 0.909. The first-order valence-corrected chi connectivity index (χ1v) is 6.78. The molecule has 0 bridgehead atoms. The van der Waals surface area contributed by atoms with Crippen LogP contribution in [-0.4, -0.2) is 47.1 Å². The van der Waals surface area contributed by atoms with Crippen molar-refractivity contribution in [2.24, 2.45) is 5.92 Å². The molecule has 0 fully saturated rings. The van der Waals surface area contributed by atoms with E-state index in [9.17, 15) is 4.79 Å². The lowest BCUT2D eigenvalue weighted by atomic mass is 10.0. The van der Waals surface area contributed by atoms with E-state index in [0.717, 1.165) is 12.2 Å². The molecule has 4 heteroatoms. The molecule has 1 N–H and O–H groups in total. The number of carbonyl (C=O) groups is 1. The van der Waals surface area contributed by atoms with E-state index in [2.05, 4.69) is 18.1 Å². The summed E-state index contributed by atoms with van der Waals surface area (Å²) in [7, 11) is 2.02. The van der Waals surface area contributed by atoms with Gasteiger partial charge < -0.3 is 5.11 Å². The van der Waals surface area contributed by atoms with Crippen molar-refractivity contribution in [2.45, 2.75) is 39.3 Å². The van der Waals surface area contributed by atoms with Crippen LogP contribution in [0, 0.1) is 5.92 Å². The van der Waals surface area contributed by atoms with E-state index >= 15 is 0 Å². The third-order valence-corrected chi connectivity index (χ3v) is 3.88. The summed E-state index contributed by atoms with van der Waals surface area (Å²) in [5, 5.41) is 8.95.